The van der Waals surface area contributed by atoms with E-state index in [1.165, 1.54) is 24.3 Å². The van der Waals surface area contributed by atoms with Crippen LogP contribution in [0.15, 0.2) is 59.7 Å². The predicted octanol–water partition coefficient (Wildman–Crippen LogP) is 2.27. The molecule has 8 heteroatoms. The maximum atomic E-state index is 11.8. The van der Waals surface area contributed by atoms with Crippen molar-refractivity contribution in [1.29, 1.82) is 0 Å². The second kappa shape index (κ2) is 7.55. The number of hydrazine groups is 1. The maximum Gasteiger partial charge on any atom is 0.269 e. The molecular weight excluding hydrogens is 298 g/mol. The number of hydrogen-bond donors (Lipinski definition) is 3. The summed E-state index contributed by atoms with van der Waals surface area (Å²) >= 11 is 0. The van der Waals surface area contributed by atoms with Gasteiger partial charge in [-0.05, 0) is 31.2 Å². The van der Waals surface area contributed by atoms with Crippen LogP contribution in [0.2, 0.25) is 0 Å². The molecule has 0 radical (unpaired) electrons. The molecule has 0 unspecified atom stereocenters. The van der Waals surface area contributed by atoms with Crippen molar-refractivity contribution < 1.29 is 9.72 Å². The van der Waals surface area contributed by atoms with Crippen molar-refractivity contribution in [2.24, 2.45) is 5.10 Å². The molecule has 0 atom stereocenters. The molecule has 1 amide bonds. The first kappa shape index (κ1) is 16.0. The van der Waals surface area contributed by atoms with Gasteiger partial charge in [0.25, 0.3) is 11.6 Å². The summed E-state index contributed by atoms with van der Waals surface area (Å²) in [6, 6.07) is 14.6. The quantitative estimate of drug-likeness (QED) is 0.347. The molecular formula is C15H15N5O3. The summed E-state index contributed by atoms with van der Waals surface area (Å²) in [5, 5.41) is 14.6. The number of carbonyl (C=O) groups is 1. The summed E-state index contributed by atoms with van der Waals surface area (Å²) in [6.07, 6.45) is 0. The number of benzene rings is 2. The number of amidine groups is 1. The van der Waals surface area contributed by atoms with Gasteiger partial charge in [0, 0.05) is 17.7 Å². The highest BCUT2D eigenvalue weighted by Crippen LogP contribution is 2.15. The fourth-order valence-corrected chi connectivity index (χ4v) is 1.64. The van der Waals surface area contributed by atoms with Crippen LogP contribution >= 0.6 is 0 Å². The minimum Gasteiger partial charge on any atom is -0.284 e. The van der Waals surface area contributed by atoms with Gasteiger partial charge in [0.05, 0.1) is 10.6 Å². The van der Waals surface area contributed by atoms with E-state index < -0.39 is 4.92 Å². The lowest BCUT2D eigenvalue weighted by Crippen LogP contribution is -2.40. The van der Waals surface area contributed by atoms with E-state index in [-0.39, 0.29) is 11.6 Å². The van der Waals surface area contributed by atoms with Gasteiger partial charge in [0.2, 0.25) is 0 Å². The number of hydrogen-bond acceptors (Lipinski definition) is 5. The van der Waals surface area contributed by atoms with E-state index in [2.05, 4.69) is 21.4 Å². The zero-order chi connectivity index (χ0) is 16.7. The Hall–Kier alpha value is -3.42. The van der Waals surface area contributed by atoms with E-state index in [0.29, 0.717) is 17.1 Å². The number of non-ortho nitro benzene ring substituents is 1. The molecule has 0 aliphatic rings. The Morgan fingerprint density at radius 3 is 2.30 bits per heavy atom. The zero-order valence-corrected chi connectivity index (χ0v) is 12.3. The highest BCUT2D eigenvalue weighted by molar-refractivity contribution is 5.95. The minimum absolute atomic E-state index is 0.00417. The Bertz CT molecular complexity index is 714. The molecule has 0 aliphatic carbocycles. The molecule has 8 nitrogen and oxygen atoms in total. The van der Waals surface area contributed by atoms with Crippen LogP contribution in [0.1, 0.15) is 17.3 Å². The van der Waals surface area contributed by atoms with Gasteiger partial charge >= 0.3 is 0 Å². The van der Waals surface area contributed by atoms with Gasteiger partial charge in [-0.2, -0.15) is 5.10 Å². The second-order valence-electron chi connectivity index (χ2n) is 4.56. The summed E-state index contributed by atoms with van der Waals surface area (Å²) in [7, 11) is 0. The summed E-state index contributed by atoms with van der Waals surface area (Å²) in [5.41, 5.74) is 9.01. The molecule has 0 saturated carbocycles. The number of carbonyl (C=O) groups excluding carboxylic acids is 1. The standard InChI is InChI=1S/C15H15N5O3/c1-11(17-19-15(21)12-5-3-2-4-6-12)16-18-13-7-9-14(10-8-13)20(22)23/h2-10,18H,1H3,(H,16,17)(H,19,21). The third-order valence-electron chi connectivity index (χ3n) is 2.82. The largest absolute Gasteiger partial charge is 0.284 e. The number of nitrogens with one attached hydrogen (secondary N) is 3. The summed E-state index contributed by atoms with van der Waals surface area (Å²) in [4.78, 5) is 21.9. The smallest absolute Gasteiger partial charge is 0.269 e. The Kier molecular flexibility index (Phi) is 5.24. The molecule has 0 saturated heterocycles. The van der Waals surface area contributed by atoms with Crippen LogP contribution in [0, 0.1) is 10.1 Å². The fraction of sp³-hybridized carbons (Fsp3) is 0.0667. The number of rotatable bonds is 4. The number of nitrogens with zero attached hydrogens (tertiary/aromatic N) is 2. The van der Waals surface area contributed by atoms with Crippen LogP contribution in [0.4, 0.5) is 11.4 Å². The molecule has 0 bridgehead atoms. The predicted molar refractivity (Wildman–Crippen MR) is 86.9 cm³/mol. The number of nitro benzene ring substituents is 1. The zero-order valence-electron chi connectivity index (χ0n) is 12.3. The lowest BCUT2D eigenvalue weighted by atomic mass is 10.2. The first-order valence-electron chi connectivity index (χ1n) is 6.72. The number of anilines is 1. The molecule has 3 N–H and O–H groups in total. The van der Waals surface area contributed by atoms with Crippen molar-refractivity contribution in [1.82, 2.24) is 10.9 Å². The Morgan fingerprint density at radius 1 is 1.04 bits per heavy atom. The highest BCUT2D eigenvalue weighted by atomic mass is 16.6. The molecule has 2 aromatic rings. The monoisotopic (exact) mass is 313 g/mol. The average Bonchev–Trinajstić information content (AvgIpc) is 2.59. The van der Waals surface area contributed by atoms with Crippen molar-refractivity contribution >= 4 is 23.1 Å². The number of hydrazone groups is 1. The van der Waals surface area contributed by atoms with E-state index in [1.54, 1.807) is 31.2 Å². The van der Waals surface area contributed by atoms with Gasteiger partial charge < -0.3 is 0 Å². The van der Waals surface area contributed by atoms with Gasteiger partial charge in [-0.15, -0.1) is 0 Å². The third-order valence-corrected chi connectivity index (χ3v) is 2.82. The minimum atomic E-state index is -0.473. The molecule has 0 fully saturated rings. The summed E-state index contributed by atoms with van der Waals surface area (Å²) in [5.74, 6) is 0.142. The SMILES string of the molecule is CC(=NNc1ccc([N+](=O)[O-])cc1)NNC(=O)c1ccccc1. The van der Waals surface area contributed by atoms with Crippen LogP contribution in [0.25, 0.3) is 0 Å². The molecule has 23 heavy (non-hydrogen) atoms. The highest BCUT2D eigenvalue weighted by Gasteiger charge is 2.04. The summed E-state index contributed by atoms with van der Waals surface area (Å²) in [6.45, 7) is 1.66. The average molecular weight is 313 g/mol. The van der Waals surface area contributed by atoms with Crippen LogP contribution in [-0.4, -0.2) is 16.7 Å². The van der Waals surface area contributed by atoms with Crippen molar-refractivity contribution in [2.45, 2.75) is 6.92 Å². The van der Waals surface area contributed by atoms with Crippen molar-refractivity contribution in [3.63, 3.8) is 0 Å². The van der Waals surface area contributed by atoms with Crippen LogP contribution in [0.3, 0.4) is 0 Å². The third kappa shape index (κ3) is 4.81. The van der Waals surface area contributed by atoms with Gasteiger partial charge in [0.1, 0.15) is 5.84 Å². The van der Waals surface area contributed by atoms with E-state index in [4.69, 9.17) is 0 Å². The van der Waals surface area contributed by atoms with Gasteiger partial charge in [0.15, 0.2) is 0 Å². The molecule has 2 aromatic carbocycles. The molecule has 0 aliphatic heterocycles. The number of amides is 1. The van der Waals surface area contributed by atoms with Gasteiger partial charge in [-0.3, -0.25) is 31.2 Å². The van der Waals surface area contributed by atoms with Crippen molar-refractivity contribution in [3.8, 4) is 0 Å². The lowest BCUT2D eigenvalue weighted by Gasteiger charge is -2.08. The second-order valence-corrected chi connectivity index (χ2v) is 4.56. The first-order valence-corrected chi connectivity index (χ1v) is 6.72. The van der Waals surface area contributed by atoms with Gasteiger partial charge in [-0.25, -0.2) is 0 Å². The molecule has 2 rings (SSSR count). The lowest BCUT2D eigenvalue weighted by molar-refractivity contribution is -0.384. The van der Waals surface area contributed by atoms with E-state index >= 15 is 0 Å². The van der Waals surface area contributed by atoms with Crippen LogP contribution in [0.5, 0.6) is 0 Å². The molecule has 118 valence electrons. The Labute approximate surface area is 132 Å². The first-order chi connectivity index (χ1) is 11.1. The van der Waals surface area contributed by atoms with Crippen molar-refractivity contribution in [3.05, 3.63) is 70.3 Å². The maximum absolute atomic E-state index is 11.8. The number of nitro groups is 1. The molecule has 0 spiro atoms. The van der Waals surface area contributed by atoms with E-state index in [1.807, 2.05) is 6.07 Å². The topological polar surface area (TPSA) is 109 Å². The fourth-order valence-electron chi connectivity index (χ4n) is 1.64. The Morgan fingerprint density at radius 2 is 1.70 bits per heavy atom. The van der Waals surface area contributed by atoms with Crippen LogP contribution < -0.4 is 16.3 Å². The van der Waals surface area contributed by atoms with Crippen molar-refractivity contribution in [2.75, 3.05) is 5.43 Å². The molecule has 0 heterocycles. The summed E-state index contributed by atoms with van der Waals surface area (Å²) < 4.78 is 0. The van der Waals surface area contributed by atoms with Crippen LogP contribution in [-0.2, 0) is 0 Å². The molecule has 0 aromatic heterocycles. The van der Waals surface area contributed by atoms with Gasteiger partial charge in [-0.1, -0.05) is 18.2 Å². The van der Waals surface area contributed by atoms with E-state index in [9.17, 15) is 14.9 Å². The van der Waals surface area contributed by atoms with E-state index in [0.717, 1.165) is 0 Å². The Balaban J connectivity index is 1.85. The normalized spacial score (nSPS) is 10.7.